The number of hydrogen-bond acceptors (Lipinski definition) is 4. The number of ether oxygens (including phenoxy) is 2. The van der Waals surface area contributed by atoms with Gasteiger partial charge in [0.15, 0.2) is 0 Å². The van der Waals surface area contributed by atoms with Crippen LogP contribution in [0.1, 0.15) is 25.8 Å². The topological polar surface area (TPSA) is 64.8 Å². The van der Waals surface area contributed by atoms with E-state index in [9.17, 15) is 4.79 Å². The molecule has 0 aliphatic carbocycles. The van der Waals surface area contributed by atoms with Gasteiger partial charge in [0.2, 0.25) is 0 Å². The summed E-state index contributed by atoms with van der Waals surface area (Å²) in [7, 11) is 3.42. The molecule has 126 valence electrons. The molecule has 0 aromatic heterocycles. The summed E-state index contributed by atoms with van der Waals surface area (Å²) in [5, 5.41) is 0. The minimum Gasteiger partial charge on any atom is -0.497 e. The van der Waals surface area contributed by atoms with Crippen molar-refractivity contribution in [2.75, 3.05) is 27.3 Å². The van der Waals surface area contributed by atoms with Gasteiger partial charge in [-0.05, 0) is 36.6 Å². The second-order valence-corrected chi connectivity index (χ2v) is 6.29. The first-order valence-electron chi connectivity index (χ1n) is 7.94. The fourth-order valence-corrected chi connectivity index (χ4v) is 2.43. The van der Waals surface area contributed by atoms with Gasteiger partial charge in [0.25, 0.3) is 5.91 Å². The van der Waals surface area contributed by atoms with Gasteiger partial charge in [-0.2, -0.15) is 0 Å². The number of methoxy groups -OCH3 is 1. The molecule has 0 saturated carbocycles. The Morgan fingerprint density at radius 3 is 2.83 bits per heavy atom. The van der Waals surface area contributed by atoms with Gasteiger partial charge < -0.3 is 20.1 Å². The van der Waals surface area contributed by atoms with Crippen LogP contribution in [0.5, 0.6) is 11.5 Å². The Kier molecular flexibility index (Phi) is 5.66. The number of likely N-dealkylation sites (N-methyl/N-ethyl adjacent to an activating group) is 1. The van der Waals surface area contributed by atoms with Crippen molar-refractivity contribution in [2.45, 2.75) is 26.3 Å². The molecule has 0 bridgehead atoms. The molecule has 1 atom stereocenters. The zero-order valence-electron chi connectivity index (χ0n) is 14.3. The van der Waals surface area contributed by atoms with Crippen LogP contribution in [-0.2, 0) is 4.79 Å². The molecule has 1 heterocycles. The molecule has 23 heavy (non-hydrogen) atoms. The molecule has 2 N–H and O–H groups in total. The first-order chi connectivity index (χ1) is 10.9. The highest BCUT2D eigenvalue weighted by atomic mass is 16.5. The molecule has 0 spiro atoms. The van der Waals surface area contributed by atoms with Gasteiger partial charge in [0.1, 0.15) is 18.1 Å². The summed E-state index contributed by atoms with van der Waals surface area (Å²) < 4.78 is 10.9. The number of amides is 1. The van der Waals surface area contributed by atoms with Crippen LogP contribution < -0.4 is 15.2 Å². The Morgan fingerprint density at radius 1 is 1.43 bits per heavy atom. The lowest BCUT2D eigenvalue weighted by Gasteiger charge is -2.24. The number of nitrogens with two attached hydrogens (primary N) is 1. The summed E-state index contributed by atoms with van der Waals surface area (Å²) in [4.78, 5) is 14.3. The molecule has 1 aliphatic rings. The van der Waals surface area contributed by atoms with E-state index in [-0.39, 0.29) is 11.9 Å². The maximum absolute atomic E-state index is 12.6. The Labute approximate surface area is 138 Å². The molecular formula is C18H26N2O3. The van der Waals surface area contributed by atoms with Crippen LogP contribution in [0.2, 0.25) is 0 Å². The largest absolute Gasteiger partial charge is 0.497 e. The van der Waals surface area contributed by atoms with E-state index in [1.165, 1.54) is 0 Å². The van der Waals surface area contributed by atoms with Crippen molar-refractivity contribution in [1.82, 2.24) is 4.90 Å². The normalized spacial score (nSPS) is 14.6. The molecule has 5 nitrogen and oxygen atoms in total. The van der Waals surface area contributed by atoms with Crippen molar-refractivity contribution >= 4 is 12.0 Å². The quantitative estimate of drug-likeness (QED) is 0.874. The van der Waals surface area contributed by atoms with Crippen molar-refractivity contribution in [3.05, 3.63) is 29.3 Å². The number of hydrogen-bond donors (Lipinski definition) is 1. The molecule has 1 unspecified atom stereocenters. The molecule has 0 saturated heterocycles. The van der Waals surface area contributed by atoms with Gasteiger partial charge in [-0.1, -0.05) is 13.8 Å². The van der Waals surface area contributed by atoms with Crippen molar-refractivity contribution in [3.8, 4) is 11.5 Å². The van der Waals surface area contributed by atoms with Crippen LogP contribution in [0.15, 0.2) is 23.8 Å². The zero-order valence-corrected chi connectivity index (χ0v) is 14.3. The molecular weight excluding hydrogens is 292 g/mol. The third-order valence-electron chi connectivity index (χ3n) is 4.21. The second kappa shape index (κ2) is 7.51. The second-order valence-electron chi connectivity index (χ2n) is 6.29. The summed E-state index contributed by atoms with van der Waals surface area (Å²) in [5.41, 5.74) is 7.56. The number of carbonyl (C=O) groups is 1. The smallest absolute Gasteiger partial charge is 0.252 e. The number of carbonyl (C=O) groups excluding carboxylic acids is 1. The lowest BCUT2D eigenvalue weighted by atomic mass is 10.0. The van der Waals surface area contributed by atoms with Gasteiger partial charge in [-0.3, -0.25) is 4.79 Å². The van der Waals surface area contributed by atoms with Gasteiger partial charge in [-0.15, -0.1) is 0 Å². The van der Waals surface area contributed by atoms with E-state index >= 15 is 0 Å². The van der Waals surface area contributed by atoms with Crippen molar-refractivity contribution in [3.63, 3.8) is 0 Å². The molecule has 5 heteroatoms. The van der Waals surface area contributed by atoms with E-state index in [0.717, 1.165) is 23.5 Å². The molecule has 1 amide bonds. The maximum Gasteiger partial charge on any atom is 0.252 e. The highest BCUT2D eigenvalue weighted by Crippen LogP contribution is 2.30. The molecule has 1 aliphatic heterocycles. The average Bonchev–Trinajstić information content (AvgIpc) is 2.57. The number of rotatable bonds is 6. The predicted molar refractivity (Wildman–Crippen MR) is 91.5 cm³/mol. The number of benzene rings is 1. The van der Waals surface area contributed by atoms with E-state index < -0.39 is 0 Å². The third-order valence-corrected chi connectivity index (χ3v) is 4.21. The summed E-state index contributed by atoms with van der Waals surface area (Å²) in [6.07, 6.45) is 2.67. The van der Waals surface area contributed by atoms with Crippen molar-refractivity contribution in [2.24, 2.45) is 11.7 Å². The van der Waals surface area contributed by atoms with Crippen LogP contribution >= 0.6 is 0 Å². The van der Waals surface area contributed by atoms with E-state index in [1.807, 2.05) is 24.3 Å². The van der Waals surface area contributed by atoms with Crippen molar-refractivity contribution < 1.29 is 14.3 Å². The van der Waals surface area contributed by atoms with Gasteiger partial charge in [0.05, 0.1) is 12.7 Å². The van der Waals surface area contributed by atoms with E-state index in [0.29, 0.717) is 24.6 Å². The van der Waals surface area contributed by atoms with Gasteiger partial charge >= 0.3 is 0 Å². The molecule has 0 fully saturated rings. The monoisotopic (exact) mass is 318 g/mol. The van der Waals surface area contributed by atoms with E-state index in [2.05, 4.69) is 13.8 Å². The van der Waals surface area contributed by atoms with Crippen molar-refractivity contribution in [1.29, 1.82) is 0 Å². The molecule has 2 rings (SSSR count). The fraction of sp³-hybridized carbons (Fsp3) is 0.500. The highest BCUT2D eigenvalue weighted by molar-refractivity contribution is 5.99. The summed E-state index contributed by atoms with van der Waals surface area (Å²) in [6.45, 7) is 5.11. The Bertz CT molecular complexity index is 596. The van der Waals surface area contributed by atoms with E-state index in [4.69, 9.17) is 15.2 Å². The van der Waals surface area contributed by atoms with Crippen LogP contribution in [-0.4, -0.2) is 44.2 Å². The summed E-state index contributed by atoms with van der Waals surface area (Å²) in [5.74, 6) is 1.91. The van der Waals surface area contributed by atoms with E-state index in [1.54, 1.807) is 19.1 Å². The maximum atomic E-state index is 12.6. The first-order valence-corrected chi connectivity index (χ1v) is 7.94. The Balaban J connectivity index is 2.05. The fourth-order valence-electron chi connectivity index (χ4n) is 2.43. The summed E-state index contributed by atoms with van der Waals surface area (Å²) >= 11 is 0. The van der Waals surface area contributed by atoms with Crippen LogP contribution in [0.25, 0.3) is 6.08 Å². The van der Waals surface area contributed by atoms with Gasteiger partial charge in [-0.25, -0.2) is 0 Å². The zero-order chi connectivity index (χ0) is 17.0. The molecule has 1 aromatic rings. The standard InChI is InChI=1S/C18H26N2O3/c1-12(2)16(19)7-8-20(3)18(21)14-9-13-10-15(22-4)5-6-17(13)23-11-14/h5-6,9-10,12,16H,7-8,11,19H2,1-4H3. The number of nitrogens with zero attached hydrogens (tertiary/aromatic N) is 1. The Hall–Kier alpha value is -2.01. The SMILES string of the molecule is COc1ccc2c(c1)C=C(C(=O)N(C)CCC(N)C(C)C)CO2. The van der Waals surface area contributed by atoms with Crippen LogP contribution in [0.3, 0.4) is 0 Å². The molecule has 0 radical (unpaired) electrons. The van der Waals surface area contributed by atoms with Crippen LogP contribution in [0.4, 0.5) is 0 Å². The third kappa shape index (κ3) is 4.26. The molecule has 1 aromatic carbocycles. The minimum absolute atomic E-state index is 0.0190. The Morgan fingerprint density at radius 2 is 2.17 bits per heavy atom. The number of fused-ring (bicyclic) bond motifs is 1. The summed E-state index contributed by atoms with van der Waals surface area (Å²) in [6, 6.07) is 5.68. The highest BCUT2D eigenvalue weighted by Gasteiger charge is 2.21. The lowest BCUT2D eigenvalue weighted by molar-refractivity contribution is -0.126. The lowest BCUT2D eigenvalue weighted by Crippen LogP contribution is -2.36. The first kappa shape index (κ1) is 17.3. The van der Waals surface area contributed by atoms with Crippen LogP contribution in [0, 0.1) is 5.92 Å². The average molecular weight is 318 g/mol. The predicted octanol–water partition coefficient (Wildman–Crippen LogP) is 2.30. The van der Waals surface area contributed by atoms with Gasteiger partial charge in [0, 0.05) is 25.2 Å². The minimum atomic E-state index is -0.0190.